The smallest absolute Gasteiger partial charge is 0.543 e. The van der Waals surface area contributed by atoms with Crippen LogP contribution < -0.4 is 24.0 Å². The molecule has 1 aromatic rings. The first-order chi connectivity index (χ1) is 8.74. The largest absolute Gasteiger partial charge is 1.00 e. The molecule has 0 saturated carbocycles. The number of likely N-dealkylation sites (tertiary alicyclic amines) is 1. The van der Waals surface area contributed by atoms with Crippen molar-refractivity contribution in [3.05, 3.63) is 29.6 Å². The van der Waals surface area contributed by atoms with Crippen molar-refractivity contribution in [2.75, 3.05) is 26.3 Å². The molecule has 1 unspecified atom stereocenters. The van der Waals surface area contributed by atoms with Gasteiger partial charge in [-0.05, 0) is 36.6 Å². The Hall–Kier alpha value is -0.863. The number of pyridine rings is 1. The molecule has 6 heteroatoms. The van der Waals surface area contributed by atoms with Crippen molar-refractivity contribution in [1.29, 1.82) is 0 Å². The second-order valence-electron chi connectivity index (χ2n) is 4.93. The van der Waals surface area contributed by atoms with E-state index < -0.39 is 5.97 Å². The molecule has 0 N–H and O–H groups in total. The maximum atomic E-state index is 10.8. The number of hydrogen-bond acceptors (Lipinski definition) is 5. The summed E-state index contributed by atoms with van der Waals surface area (Å²) in [6, 6.07) is 4.09. The number of carboxylic acid groups (broad SMARTS) is 1. The fourth-order valence-electron chi connectivity index (χ4n) is 2.64. The van der Waals surface area contributed by atoms with Crippen LogP contribution in [0.4, 0.5) is 0 Å². The van der Waals surface area contributed by atoms with Gasteiger partial charge in [-0.1, -0.05) is 0 Å². The molecule has 2 saturated heterocycles. The van der Waals surface area contributed by atoms with Crippen molar-refractivity contribution in [3.63, 3.8) is 0 Å². The summed E-state index contributed by atoms with van der Waals surface area (Å²) >= 11 is 0. The normalized spacial score (nSPS) is 23.7. The number of aromatic nitrogens is 1. The number of carboxylic acids is 1. The zero-order chi connectivity index (χ0) is 12.5. The molecule has 0 spiro atoms. The SMILES string of the molecule is O=C([O-])c1cc(C2CCN(C3COC3)C2)ccn1.[Li+]. The minimum atomic E-state index is -1.21. The van der Waals surface area contributed by atoms with Gasteiger partial charge in [0.15, 0.2) is 0 Å². The molecular weight excluding hydrogens is 239 g/mol. The Kier molecular flexibility index (Phi) is 4.64. The molecule has 2 fully saturated rings. The molecule has 19 heavy (non-hydrogen) atoms. The first-order valence-corrected chi connectivity index (χ1v) is 6.23. The predicted octanol–water partition coefficient (Wildman–Crippen LogP) is -3.36. The van der Waals surface area contributed by atoms with Crippen molar-refractivity contribution in [2.24, 2.45) is 0 Å². The number of nitrogens with zero attached hydrogens (tertiary/aromatic N) is 2. The molecule has 0 aromatic carbocycles. The summed E-state index contributed by atoms with van der Waals surface area (Å²) in [4.78, 5) is 17.0. The van der Waals surface area contributed by atoms with Gasteiger partial charge in [0.05, 0.1) is 30.9 Å². The zero-order valence-electron chi connectivity index (χ0n) is 11.0. The quantitative estimate of drug-likeness (QED) is 0.527. The van der Waals surface area contributed by atoms with Crippen molar-refractivity contribution in [1.82, 2.24) is 9.88 Å². The molecule has 2 aliphatic heterocycles. The molecule has 1 atom stereocenters. The van der Waals surface area contributed by atoms with Gasteiger partial charge >= 0.3 is 18.9 Å². The van der Waals surface area contributed by atoms with Crippen LogP contribution in [0, 0.1) is 0 Å². The third kappa shape index (κ3) is 3.01. The van der Waals surface area contributed by atoms with Crippen molar-refractivity contribution < 1.29 is 33.5 Å². The number of aromatic carboxylic acids is 1. The van der Waals surface area contributed by atoms with E-state index in [-0.39, 0.29) is 24.6 Å². The average molecular weight is 254 g/mol. The second kappa shape index (κ2) is 6.06. The van der Waals surface area contributed by atoms with Crippen LogP contribution in [0.1, 0.15) is 28.4 Å². The van der Waals surface area contributed by atoms with Crippen molar-refractivity contribution in [3.8, 4) is 0 Å². The first kappa shape index (κ1) is 14.5. The van der Waals surface area contributed by atoms with Gasteiger partial charge in [0.2, 0.25) is 0 Å². The summed E-state index contributed by atoms with van der Waals surface area (Å²) in [6.07, 6.45) is 2.61. The van der Waals surface area contributed by atoms with Gasteiger partial charge in [-0.3, -0.25) is 9.88 Å². The Morgan fingerprint density at radius 3 is 2.89 bits per heavy atom. The van der Waals surface area contributed by atoms with Crippen LogP contribution in [0.15, 0.2) is 18.3 Å². The van der Waals surface area contributed by atoms with Gasteiger partial charge in [-0.15, -0.1) is 0 Å². The summed E-state index contributed by atoms with van der Waals surface area (Å²) in [6.45, 7) is 3.69. The third-order valence-electron chi connectivity index (χ3n) is 3.82. The van der Waals surface area contributed by atoms with E-state index in [1.54, 1.807) is 12.3 Å². The van der Waals surface area contributed by atoms with Crippen molar-refractivity contribution in [2.45, 2.75) is 18.4 Å². The van der Waals surface area contributed by atoms with Gasteiger partial charge in [0, 0.05) is 12.7 Å². The molecule has 2 aliphatic rings. The monoisotopic (exact) mass is 254 g/mol. The Balaban J connectivity index is 0.00000133. The van der Waals surface area contributed by atoms with Crippen LogP contribution in [0.2, 0.25) is 0 Å². The van der Waals surface area contributed by atoms with Crippen LogP contribution in [-0.2, 0) is 4.74 Å². The Bertz CT molecular complexity index is 465. The summed E-state index contributed by atoms with van der Waals surface area (Å²) in [7, 11) is 0. The minimum Gasteiger partial charge on any atom is -0.543 e. The second-order valence-corrected chi connectivity index (χ2v) is 4.93. The molecule has 96 valence electrons. The molecular formula is C13H15LiN2O3. The summed E-state index contributed by atoms with van der Waals surface area (Å²) in [5.41, 5.74) is 1.07. The Labute approximate surface area is 124 Å². The van der Waals surface area contributed by atoms with E-state index in [0.717, 1.165) is 38.3 Å². The fraction of sp³-hybridized carbons (Fsp3) is 0.538. The van der Waals surface area contributed by atoms with Crippen LogP contribution >= 0.6 is 0 Å². The van der Waals surface area contributed by atoms with Crippen LogP contribution in [-0.4, -0.2) is 48.2 Å². The summed E-state index contributed by atoms with van der Waals surface area (Å²) in [5, 5.41) is 10.8. The van der Waals surface area contributed by atoms with Gasteiger partial charge in [-0.25, -0.2) is 0 Å². The maximum Gasteiger partial charge on any atom is 1.00 e. The first-order valence-electron chi connectivity index (χ1n) is 6.23. The molecule has 3 rings (SSSR count). The van der Waals surface area contributed by atoms with Gasteiger partial charge in [0.25, 0.3) is 0 Å². The minimum absolute atomic E-state index is 0. The summed E-state index contributed by atoms with van der Waals surface area (Å²) in [5.74, 6) is -0.814. The number of carbonyl (C=O) groups excluding carboxylic acids is 1. The zero-order valence-corrected chi connectivity index (χ0v) is 11.0. The van der Waals surface area contributed by atoms with Crippen molar-refractivity contribution >= 4 is 5.97 Å². The molecule has 5 nitrogen and oxygen atoms in total. The van der Waals surface area contributed by atoms with E-state index in [2.05, 4.69) is 9.88 Å². The number of hydrogen-bond donors (Lipinski definition) is 0. The Morgan fingerprint density at radius 1 is 1.47 bits per heavy atom. The third-order valence-corrected chi connectivity index (χ3v) is 3.82. The van der Waals surface area contributed by atoms with E-state index in [4.69, 9.17) is 4.74 Å². The summed E-state index contributed by atoms with van der Waals surface area (Å²) < 4.78 is 5.20. The number of carbonyl (C=O) groups is 1. The molecule has 0 aliphatic carbocycles. The Morgan fingerprint density at radius 2 is 2.26 bits per heavy atom. The van der Waals surface area contributed by atoms with E-state index in [1.165, 1.54) is 0 Å². The number of rotatable bonds is 3. The maximum absolute atomic E-state index is 10.8. The molecule has 0 bridgehead atoms. The number of ether oxygens (including phenoxy) is 1. The van der Waals surface area contributed by atoms with Gasteiger partial charge in [-0.2, -0.15) is 0 Å². The van der Waals surface area contributed by atoms with Gasteiger partial charge < -0.3 is 14.6 Å². The molecule has 0 radical (unpaired) electrons. The fourth-order valence-corrected chi connectivity index (χ4v) is 2.64. The standard InChI is InChI=1S/C13H16N2O3.Li/c16-13(17)12-5-9(1-3-14-12)10-2-4-15(6-10)11-7-18-8-11;/h1,3,5,10-11H,2,4,6-8H2,(H,16,17);/q;+1/p-1. The van der Waals surface area contributed by atoms with E-state index in [9.17, 15) is 9.90 Å². The topological polar surface area (TPSA) is 65.5 Å². The van der Waals surface area contributed by atoms with E-state index in [0.29, 0.717) is 12.0 Å². The van der Waals surface area contributed by atoms with Crippen LogP contribution in [0.5, 0.6) is 0 Å². The predicted molar refractivity (Wildman–Crippen MR) is 62.1 cm³/mol. The molecule has 0 amide bonds. The average Bonchev–Trinajstić information content (AvgIpc) is 2.76. The van der Waals surface area contributed by atoms with E-state index >= 15 is 0 Å². The molecule has 3 heterocycles. The molecule has 1 aromatic heterocycles. The van der Waals surface area contributed by atoms with Gasteiger partial charge in [0.1, 0.15) is 0 Å². The van der Waals surface area contributed by atoms with E-state index in [1.807, 2.05) is 6.07 Å². The van der Waals surface area contributed by atoms with Crippen LogP contribution in [0.25, 0.3) is 0 Å². The van der Waals surface area contributed by atoms with Crippen LogP contribution in [0.3, 0.4) is 0 Å².